The molecule has 0 heterocycles. The second kappa shape index (κ2) is 4.77. The van der Waals surface area contributed by atoms with Crippen LogP contribution in [0.25, 0.3) is 0 Å². The van der Waals surface area contributed by atoms with E-state index in [1.165, 1.54) is 5.56 Å². The Balaban J connectivity index is 2.65. The fraction of sp³-hybridized carbons (Fsp3) is 0.364. The third-order valence-electron chi connectivity index (χ3n) is 2.14. The summed E-state index contributed by atoms with van der Waals surface area (Å²) in [7, 11) is 0. The molecule has 3 N–H and O–H groups in total. The Morgan fingerprint density at radius 3 is 2.50 bits per heavy atom. The van der Waals surface area contributed by atoms with E-state index in [9.17, 15) is 4.79 Å². The molecular weight excluding hydrogens is 176 g/mol. The van der Waals surface area contributed by atoms with E-state index >= 15 is 0 Å². The summed E-state index contributed by atoms with van der Waals surface area (Å²) in [5.41, 5.74) is 7.52. The molecule has 0 aliphatic rings. The zero-order chi connectivity index (χ0) is 10.6. The van der Waals surface area contributed by atoms with Crippen LogP contribution in [0.2, 0.25) is 0 Å². The van der Waals surface area contributed by atoms with Gasteiger partial charge in [0.15, 0.2) is 0 Å². The van der Waals surface area contributed by atoms with E-state index in [1.807, 2.05) is 38.1 Å². The lowest BCUT2D eigenvalue weighted by Crippen LogP contribution is -2.32. The van der Waals surface area contributed by atoms with E-state index in [0.29, 0.717) is 0 Å². The lowest BCUT2D eigenvalue weighted by atomic mass is 10.1. The average molecular weight is 192 g/mol. The molecule has 0 bridgehead atoms. The molecule has 14 heavy (non-hydrogen) atoms. The van der Waals surface area contributed by atoms with Crippen molar-refractivity contribution in [2.45, 2.75) is 19.9 Å². The number of benzene rings is 1. The summed E-state index contributed by atoms with van der Waals surface area (Å²) in [6.07, 6.45) is 0. The molecule has 1 atom stereocenters. The van der Waals surface area contributed by atoms with Crippen LogP contribution in [0.1, 0.15) is 24.1 Å². The second-order valence-electron chi connectivity index (χ2n) is 3.40. The van der Waals surface area contributed by atoms with Gasteiger partial charge in [0.05, 0.1) is 12.6 Å². The standard InChI is InChI=1S/C11H16N2O/c1-8-3-5-10(6-4-8)9(2)13-11(14)7-12/h3-6,9H,7,12H2,1-2H3,(H,13,14)/t9-/m1/s1. The quantitative estimate of drug-likeness (QED) is 0.754. The van der Waals surface area contributed by atoms with Crippen LogP contribution >= 0.6 is 0 Å². The van der Waals surface area contributed by atoms with Crippen molar-refractivity contribution in [1.29, 1.82) is 0 Å². The van der Waals surface area contributed by atoms with Gasteiger partial charge in [-0.15, -0.1) is 0 Å². The minimum Gasteiger partial charge on any atom is -0.348 e. The van der Waals surface area contributed by atoms with Gasteiger partial charge in [0, 0.05) is 0 Å². The fourth-order valence-corrected chi connectivity index (χ4v) is 1.24. The third kappa shape index (κ3) is 2.85. The van der Waals surface area contributed by atoms with Crippen molar-refractivity contribution in [2.75, 3.05) is 6.54 Å². The maximum absolute atomic E-state index is 11.0. The summed E-state index contributed by atoms with van der Waals surface area (Å²) in [6.45, 7) is 4.02. The maximum Gasteiger partial charge on any atom is 0.234 e. The van der Waals surface area contributed by atoms with Crippen LogP contribution in [0.4, 0.5) is 0 Å². The van der Waals surface area contributed by atoms with Crippen molar-refractivity contribution < 1.29 is 4.79 Å². The van der Waals surface area contributed by atoms with Gasteiger partial charge in [-0.2, -0.15) is 0 Å². The van der Waals surface area contributed by atoms with Crippen LogP contribution in [0.3, 0.4) is 0 Å². The molecule has 0 saturated carbocycles. The van der Waals surface area contributed by atoms with Crippen LogP contribution in [-0.2, 0) is 4.79 Å². The highest BCUT2D eigenvalue weighted by Crippen LogP contribution is 2.12. The van der Waals surface area contributed by atoms with Gasteiger partial charge in [-0.25, -0.2) is 0 Å². The van der Waals surface area contributed by atoms with Crippen molar-refractivity contribution in [3.05, 3.63) is 35.4 Å². The Morgan fingerprint density at radius 1 is 1.43 bits per heavy atom. The zero-order valence-corrected chi connectivity index (χ0v) is 8.58. The molecule has 1 aromatic carbocycles. The smallest absolute Gasteiger partial charge is 0.234 e. The number of aryl methyl sites for hydroxylation is 1. The molecule has 1 rings (SSSR count). The van der Waals surface area contributed by atoms with Gasteiger partial charge < -0.3 is 11.1 Å². The number of carbonyl (C=O) groups excluding carboxylic acids is 1. The summed E-state index contributed by atoms with van der Waals surface area (Å²) in [5, 5.41) is 2.80. The SMILES string of the molecule is Cc1ccc([C@@H](C)NC(=O)CN)cc1. The molecule has 0 aliphatic carbocycles. The van der Waals surface area contributed by atoms with Crippen molar-refractivity contribution in [1.82, 2.24) is 5.32 Å². The first-order valence-corrected chi connectivity index (χ1v) is 4.69. The second-order valence-corrected chi connectivity index (χ2v) is 3.40. The molecule has 3 nitrogen and oxygen atoms in total. The van der Waals surface area contributed by atoms with Crippen LogP contribution < -0.4 is 11.1 Å². The predicted molar refractivity (Wildman–Crippen MR) is 56.8 cm³/mol. The third-order valence-corrected chi connectivity index (χ3v) is 2.14. The Bertz CT molecular complexity index is 306. The molecule has 76 valence electrons. The van der Waals surface area contributed by atoms with E-state index in [-0.39, 0.29) is 18.5 Å². The highest BCUT2D eigenvalue weighted by atomic mass is 16.1. The molecule has 0 spiro atoms. The molecule has 0 aliphatic heterocycles. The summed E-state index contributed by atoms with van der Waals surface area (Å²) >= 11 is 0. The molecular formula is C11H16N2O. The fourth-order valence-electron chi connectivity index (χ4n) is 1.24. The number of carbonyl (C=O) groups is 1. The predicted octanol–water partition coefficient (Wildman–Crippen LogP) is 1.13. The Morgan fingerprint density at radius 2 is 2.00 bits per heavy atom. The molecule has 0 unspecified atom stereocenters. The van der Waals surface area contributed by atoms with Crippen LogP contribution in [0.5, 0.6) is 0 Å². The maximum atomic E-state index is 11.0. The largest absolute Gasteiger partial charge is 0.348 e. The molecule has 0 radical (unpaired) electrons. The van der Waals surface area contributed by atoms with Gasteiger partial charge in [-0.1, -0.05) is 29.8 Å². The van der Waals surface area contributed by atoms with E-state index < -0.39 is 0 Å². The molecule has 0 aromatic heterocycles. The van der Waals surface area contributed by atoms with Crippen molar-refractivity contribution >= 4 is 5.91 Å². The average Bonchev–Trinajstić information content (AvgIpc) is 2.18. The van der Waals surface area contributed by atoms with Gasteiger partial charge in [0.2, 0.25) is 5.91 Å². The summed E-state index contributed by atoms with van der Waals surface area (Å²) < 4.78 is 0. The molecule has 1 amide bonds. The van der Waals surface area contributed by atoms with Crippen LogP contribution in [-0.4, -0.2) is 12.5 Å². The van der Waals surface area contributed by atoms with Crippen LogP contribution in [0, 0.1) is 6.92 Å². The molecule has 0 fully saturated rings. The zero-order valence-electron chi connectivity index (χ0n) is 8.58. The molecule has 1 aromatic rings. The number of nitrogens with two attached hydrogens (primary N) is 1. The van der Waals surface area contributed by atoms with Gasteiger partial charge in [0.1, 0.15) is 0 Å². The van der Waals surface area contributed by atoms with E-state index in [4.69, 9.17) is 5.73 Å². The highest BCUT2D eigenvalue weighted by molar-refractivity contribution is 5.78. The Kier molecular flexibility index (Phi) is 3.65. The first-order valence-electron chi connectivity index (χ1n) is 4.69. The number of nitrogens with one attached hydrogen (secondary N) is 1. The minimum absolute atomic E-state index is 0.0200. The number of rotatable bonds is 3. The van der Waals surface area contributed by atoms with Gasteiger partial charge in [-0.3, -0.25) is 4.79 Å². The van der Waals surface area contributed by atoms with Crippen molar-refractivity contribution in [3.63, 3.8) is 0 Å². The molecule has 0 saturated heterocycles. The monoisotopic (exact) mass is 192 g/mol. The number of amides is 1. The lowest BCUT2D eigenvalue weighted by molar-refractivity contribution is -0.120. The van der Waals surface area contributed by atoms with E-state index in [0.717, 1.165) is 5.56 Å². The first-order chi connectivity index (χ1) is 6.63. The van der Waals surface area contributed by atoms with Crippen molar-refractivity contribution in [3.8, 4) is 0 Å². The highest BCUT2D eigenvalue weighted by Gasteiger charge is 2.06. The van der Waals surface area contributed by atoms with E-state index in [1.54, 1.807) is 0 Å². The molecule has 3 heteroatoms. The Labute approximate surface area is 84.3 Å². The number of hydrogen-bond acceptors (Lipinski definition) is 2. The Hall–Kier alpha value is -1.35. The van der Waals surface area contributed by atoms with Crippen molar-refractivity contribution in [2.24, 2.45) is 5.73 Å². The minimum atomic E-state index is -0.127. The van der Waals surface area contributed by atoms with Gasteiger partial charge in [0.25, 0.3) is 0 Å². The van der Waals surface area contributed by atoms with E-state index in [2.05, 4.69) is 5.32 Å². The number of hydrogen-bond donors (Lipinski definition) is 2. The van der Waals surface area contributed by atoms with Crippen LogP contribution in [0.15, 0.2) is 24.3 Å². The topological polar surface area (TPSA) is 55.1 Å². The summed E-state index contributed by atoms with van der Waals surface area (Å²) in [5.74, 6) is -0.127. The first kappa shape index (κ1) is 10.7. The lowest BCUT2D eigenvalue weighted by Gasteiger charge is -2.13. The van der Waals surface area contributed by atoms with Gasteiger partial charge in [-0.05, 0) is 19.4 Å². The summed E-state index contributed by atoms with van der Waals surface area (Å²) in [4.78, 5) is 11.0. The normalized spacial score (nSPS) is 12.2. The van der Waals surface area contributed by atoms with Gasteiger partial charge >= 0.3 is 0 Å². The summed E-state index contributed by atoms with van der Waals surface area (Å²) in [6, 6.07) is 8.10.